The summed E-state index contributed by atoms with van der Waals surface area (Å²) in [6, 6.07) is 3.66. The van der Waals surface area contributed by atoms with E-state index in [1.54, 1.807) is 17.5 Å². The fourth-order valence-electron chi connectivity index (χ4n) is 3.01. The molecule has 1 aliphatic rings. The highest BCUT2D eigenvalue weighted by atomic mass is 32.1. The third-order valence-electron chi connectivity index (χ3n) is 4.08. The Balaban J connectivity index is 1.58. The van der Waals surface area contributed by atoms with Crippen LogP contribution in [-0.2, 0) is 6.42 Å². The van der Waals surface area contributed by atoms with Crippen molar-refractivity contribution in [1.29, 1.82) is 0 Å². The summed E-state index contributed by atoms with van der Waals surface area (Å²) in [6.45, 7) is 1.92. The van der Waals surface area contributed by atoms with Crippen molar-refractivity contribution in [2.24, 2.45) is 5.92 Å². The van der Waals surface area contributed by atoms with Crippen molar-refractivity contribution in [3.8, 4) is 0 Å². The second-order valence-corrected chi connectivity index (χ2v) is 6.67. The molecule has 1 aliphatic heterocycles. The predicted molar refractivity (Wildman–Crippen MR) is 81.7 cm³/mol. The first-order valence-corrected chi connectivity index (χ1v) is 8.24. The van der Waals surface area contributed by atoms with Gasteiger partial charge in [-0.05, 0) is 31.0 Å². The molecule has 1 fully saturated rings. The molecule has 2 unspecified atom stereocenters. The Morgan fingerprint density at radius 3 is 2.82 bits per heavy atom. The smallest absolute Gasteiger partial charge is 0.131 e. The minimum Gasteiger partial charge on any atom is -0.387 e. The van der Waals surface area contributed by atoms with E-state index in [9.17, 15) is 13.9 Å². The number of aliphatic hydroxyl groups is 1. The van der Waals surface area contributed by atoms with E-state index in [1.165, 1.54) is 18.2 Å². The Morgan fingerprint density at radius 1 is 1.36 bits per heavy atom. The van der Waals surface area contributed by atoms with E-state index in [0.29, 0.717) is 5.92 Å². The maximum Gasteiger partial charge on any atom is 0.131 e. The summed E-state index contributed by atoms with van der Waals surface area (Å²) >= 11 is 1.65. The van der Waals surface area contributed by atoms with Crippen LogP contribution in [-0.4, -0.2) is 34.6 Å². The zero-order valence-electron chi connectivity index (χ0n) is 12.1. The highest BCUT2D eigenvalue weighted by Crippen LogP contribution is 2.26. The number of aliphatic hydroxyl groups excluding tert-OH is 1. The summed E-state index contributed by atoms with van der Waals surface area (Å²) in [4.78, 5) is 6.35. The first kappa shape index (κ1) is 15.5. The quantitative estimate of drug-likeness (QED) is 0.918. The molecule has 1 aromatic carbocycles. The van der Waals surface area contributed by atoms with Crippen LogP contribution in [0, 0.1) is 17.6 Å². The van der Waals surface area contributed by atoms with Crippen molar-refractivity contribution in [2.75, 3.05) is 19.6 Å². The van der Waals surface area contributed by atoms with Crippen LogP contribution in [0.4, 0.5) is 8.78 Å². The third kappa shape index (κ3) is 3.51. The van der Waals surface area contributed by atoms with Crippen molar-refractivity contribution in [3.63, 3.8) is 0 Å². The first-order chi connectivity index (χ1) is 10.6. The lowest BCUT2D eigenvalue weighted by molar-refractivity contribution is 0.117. The number of thiazole rings is 1. The molecule has 22 heavy (non-hydrogen) atoms. The topological polar surface area (TPSA) is 36.4 Å². The molecule has 3 nitrogen and oxygen atoms in total. The number of halogens is 2. The molecule has 0 radical (unpaired) electrons. The molecule has 0 aliphatic carbocycles. The van der Waals surface area contributed by atoms with E-state index >= 15 is 0 Å². The van der Waals surface area contributed by atoms with Gasteiger partial charge in [0.25, 0.3) is 0 Å². The van der Waals surface area contributed by atoms with Crippen molar-refractivity contribution < 1.29 is 13.9 Å². The second kappa shape index (κ2) is 6.81. The van der Waals surface area contributed by atoms with Crippen LogP contribution in [0.5, 0.6) is 0 Å². The maximum atomic E-state index is 13.7. The van der Waals surface area contributed by atoms with Crippen molar-refractivity contribution in [3.05, 3.63) is 52.0 Å². The third-order valence-corrected chi connectivity index (χ3v) is 4.88. The lowest BCUT2D eigenvalue weighted by Gasteiger charge is -2.21. The summed E-state index contributed by atoms with van der Waals surface area (Å²) in [5.74, 6) is -0.888. The van der Waals surface area contributed by atoms with Crippen LogP contribution in [0.25, 0.3) is 0 Å². The molecule has 0 amide bonds. The minimum absolute atomic E-state index is 0.231. The molecule has 6 heteroatoms. The Kier molecular flexibility index (Phi) is 4.81. The molecular formula is C16H18F2N2OS. The number of likely N-dealkylation sites (tertiary alicyclic amines) is 1. The minimum atomic E-state index is -1.14. The fourth-order valence-corrected chi connectivity index (χ4v) is 3.74. The van der Waals surface area contributed by atoms with Gasteiger partial charge >= 0.3 is 0 Å². The van der Waals surface area contributed by atoms with E-state index in [-0.39, 0.29) is 12.1 Å². The monoisotopic (exact) mass is 324 g/mol. The Hall–Kier alpha value is -1.37. The summed E-state index contributed by atoms with van der Waals surface area (Å²) in [7, 11) is 0. The standard InChI is InChI=1S/C16H18F2N2OS/c17-12-2-1-3-13(18)16(12)14(21)10-20-6-4-11(9-20)8-15-19-5-7-22-15/h1-3,5,7,11,14,21H,4,6,8-10H2. The summed E-state index contributed by atoms with van der Waals surface area (Å²) < 4.78 is 27.4. The Bertz CT molecular complexity index is 600. The van der Waals surface area contributed by atoms with E-state index in [4.69, 9.17) is 0 Å². The van der Waals surface area contributed by atoms with Gasteiger partial charge in [0.1, 0.15) is 11.6 Å². The predicted octanol–water partition coefficient (Wildman–Crippen LogP) is 3.02. The number of β-amino-alcohol motifs (C(OH)–C–C–N with tert-alkyl or cyclic N) is 1. The molecule has 2 heterocycles. The largest absolute Gasteiger partial charge is 0.387 e. The molecule has 0 saturated carbocycles. The van der Waals surface area contributed by atoms with E-state index in [0.717, 1.165) is 30.9 Å². The first-order valence-electron chi connectivity index (χ1n) is 7.36. The van der Waals surface area contributed by atoms with Gasteiger partial charge in [-0.15, -0.1) is 11.3 Å². The average Bonchev–Trinajstić information content (AvgIpc) is 3.11. The van der Waals surface area contributed by atoms with Crippen molar-refractivity contribution in [1.82, 2.24) is 9.88 Å². The number of aromatic nitrogens is 1. The fraction of sp³-hybridized carbons (Fsp3) is 0.438. The van der Waals surface area contributed by atoms with E-state index < -0.39 is 17.7 Å². The van der Waals surface area contributed by atoms with Gasteiger partial charge in [-0.3, -0.25) is 0 Å². The van der Waals surface area contributed by atoms with Gasteiger partial charge in [0, 0.05) is 31.1 Å². The zero-order valence-corrected chi connectivity index (χ0v) is 12.9. The lowest BCUT2D eigenvalue weighted by atomic mass is 10.1. The van der Waals surface area contributed by atoms with Gasteiger partial charge in [0.15, 0.2) is 0 Å². The highest BCUT2D eigenvalue weighted by Gasteiger charge is 2.27. The lowest BCUT2D eigenvalue weighted by Crippen LogP contribution is -2.27. The van der Waals surface area contributed by atoms with Crippen molar-refractivity contribution >= 4 is 11.3 Å². The van der Waals surface area contributed by atoms with Crippen LogP contribution in [0.3, 0.4) is 0 Å². The number of hydrogen-bond acceptors (Lipinski definition) is 4. The van der Waals surface area contributed by atoms with Crippen LogP contribution in [0.15, 0.2) is 29.8 Å². The van der Waals surface area contributed by atoms with Crippen LogP contribution >= 0.6 is 11.3 Å². The Labute approximate surface area is 132 Å². The normalized spacial score (nSPS) is 20.4. The summed E-state index contributed by atoms with van der Waals surface area (Å²) in [5, 5.41) is 13.2. The molecule has 1 aromatic heterocycles. The molecular weight excluding hydrogens is 306 g/mol. The van der Waals surface area contributed by atoms with E-state index in [1.807, 2.05) is 5.38 Å². The molecule has 3 rings (SSSR count). The van der Waals surface area contributed by atoms with Gasteiger partial charge < -0.3 is 10.0 Å². The molecule has 1 N–H and O–H groups in total. The number of nitrogens with zero attached hydrogens (tertiary/aromatic N) is 2. The average molecular weight is 324 g/mol. The summed E-state index contributed by atoms with van der Waals surface area (Å²) in [6.07, 6.45) is 2.61. The van der Waals surface area contributed by atoms with Crippen LogP contribution < -0.4 is 0 Å². The van der Waals surface area contributed by atoms with Crippen LogP contribution in [0.1, 0.15) is 23.1 Å². The number of hydrogen-bond donors (Lipinski definition) is 1. The maximum absolute atomic E-state index is 13.7. The molecule has 1 saturated heterocycles. The van der Waals surface area contributed by atoms with Crippen LogP contribution in [0.2, 0.25) is 0 Å². The van der Waals surface area contributed by atoms with Gasteiger partial charge in [-0.25, -0.2) is 13.8 Å². The van der Waals surface area contributed by atoms with Crippen molar-refractivity contribution in [2.45, 2.75) is 18.9 Å². The van der Waals surface area contributed by atoms with Gasteiger partial charge in [0.05, 0.1) is 16.7 Å². The van der Waals surface area contributed by atoms with E-state index in [2.05, 4.69) is 9.88 Å². The number of benzene rings is 1. The summed E-state index contributed by atoms with van der Waals surface area (Å²) in [5.41, 5.74) is -0.231. The molecule has 2 atom stereocenters. The SMILES string of the molecule is OC(CN1CCC(Cc2nccs2)C1)c1c(F)cccc1F. The molecule has 118 valence electrons. The van der Waals surface area contributed by atoms with Gasteiger partial charge in [-0.1, -0.05) is 6.07 Å². The Morgan fingerprint density at radius 2 is 2.14 bits per heavy atom. The molecule has 0 spiro atoms. The second-order valence-electron chi connectivity index (χ2n) is 5.70. The zero-order chi connectivity index (χ0) is 15.5. The highest BCUT2D eigenvalue weighted by molar-refractivity contribution is 7.09. The molecule has 2 aromatic rings. The number of rotatable bonds is 5. The molecule has 0 bridgehead atoms. The van der Waals surface area contributed by atoms with Gasteiger partial charge in [-0.2, -0.15) is 0 Å². The van der Waals surface area contributed by atoms with Gasteiger partial charge in [0.2, 0.25) is 0 Å².